The molecule has 0 saturated carbocycles. The molecule has 0 bridgehead atoms. The molecule has 2 atom stereocenters. The van der Waals surface area contributed by atoms with Crippen LogP contribution in [0.4, 0.5) is 0 Å². The molecule has 4 nitrogen and oxygen atoms in total. The Labute approximate surface area is 99.4 Å². The maximum Gasteiger partial charge on any atom is 0.168 e. The van der Waals surface area contributed by atoms with Crippen molar-refractivity contribution in [2.24, 2.45) is 0 Å². The van der Waals surface area contributed by atoms with E-state index < -0.39 is 0 Å². The number of aliphatic hydroxyl groups excluding tert-OH is 1. The lowest BCUT2D eigenvalue weighted by Crippen LogP contribution is -2.39. The summed E-state index contributed by atoms with van der Waals surface area (Å²) in [7, 11) is 0. The fraction of sp³-hybridized carbons (Fsp3) is 0.727. The lowest BCUT2D eigenvalue weighted by atomic mass is 9.97. The van der Waals surface area contributed by atoms with Crippen molar-refractivity contribution in [3.8, 4) is 0 Å². The summed E-state index contributed by atoms with van der Waals surface area (Å²) < 4.78 is 2.27. The molecule has 2 unspecified atom stereocenters. The zero-order valence-corrected chi connectivity index (χ0v) is 10.3. The van der Waals surface area contributed by atoms with Crippen LogP contribution in [0.3, 0.4) is 0 Å². The molecule has 1 fully saturated rings. The highest BCUT2D eigenvalue weighted by molar-refractivity contribution is 7.99. The van der Waals surface area contributed by atoms with Gasteiger partial charge in [0.05, 0.1) is 23.5 Å². The van der Waals surface area contributed by atoms with Gasteiger partial charge in [-0.2, -0.15) is 0 Å². The Bertz CT molecular complexity index is 404. The Kier molecular flexibility index (Phi) is 2.69. The number of aliphatic hydroxyl groups is 1. The maximum atomic E-state index is 10.1. The summed E-state index contributed by atoms with van der Waals surface area (Å²) in [6.07, 6.45) is 1.69. The highest BCUT2D eigenvalue weighted by atomic mass is 32.2. The first kappa shape index (κ1) is 10.6. The van der Waals surface area contributed by atoms with Crippen molar-refractivity contribution in [1.29, 1.82) is 0 Å². The number of hydrogen-bond acceptors (Lipinski definition) is 4. The SMILES string of the molecule is Cc1nc2n(c1C1NCCCC1O)CCS2. The van der Waals surface area contributed by atoms with Crippen molar-refractivity contribution < 1.29 is 5.11 Å². The van der Waals surface area contributed by atoms with Crippen LogP contribution >= 0.6 is 11.8 Å². The van der Waals surface area contributed by atoms with Crippen LogP contribution in [0.2, 0.25) is 0 Å². The van der Waals surface area contributed by atoms with Crippen molar-refractivity contribution in [1.82, 2.24) is 14.9 Å². The van der Waals surface area contributed by atoms with Gasteiger partial charge < -0.3 is 15.0 Å². The van der Waals surface area contributed by atoms with E-state index in [0.29, 0.717) is 0 Å². The zero-order valence-electron chi connectivity index (χ0n) is 9.44. The topological polar surface area (TPSA) is 50.1 Å². The van der Waals surface area contributed by atoms with Gasteiger partial charge in [0.1, 0.15) is 0 Å². The van der Waals surface area contributed by atoms with Gasteiger partial charge in [-0.25, -0.2) is 4.98 Å². The standard InChI is InChI=1S/C11H17N3OS/c1-7-10(9-8(15)3-2-4-12-9)14-5-6-16-11(14)13-7/h8-9,12,15H,2-6H2,1H3. The molecule has 2 N–H and O–H groups in total. The Morgan fingerprint density at radius 3 is 3.25 bits per heavy atom. The molecule has 0 aromatic carbocycles. The third-order valence-electron chi connectivity index (χ3n) is 3.42. The highest BCUT2D eigenvalue weighted by Crippen LogP contribution is 2.33. The Morgan fingerprint density at radius 1 is 1.56 bits per heavy atom. The Balaban J connectivity index is 1.98. The fourth-order valence-corrected chi connectivity index (χ4v) is 3.66. The van der Waals surface area contributed by atoms with E-state index in [9.17, 15) is 5.11 Å². The normalized spacial score (nSPS) is 29.4. The molecule has 1 aromatic rings. The van der Waals surface area contributed by atoms with Gasteiger partial charge in [-0.3, -0.25) is 0 Å². The summed E-state index contributed by atoms with van der Waals surface area (Å²) in [4.78, 5) is 4.58. The van der Waals surface area contributed by atoms with Crippen molar-refractivity contribution in [2.45, 2.75) is 43.6 Å². The van der Waals surface area contributed by atoms with Crippen molar-refractivity contribution in [3.63, 3.8) is 0 Å². The molecule has 5 heteroatoms. The molecular formula is C11H17N3OS. The third-order valence-corrected chi connectivity index (χ3v) is 4.38. The van der Waals surface area contributed by atoms with Gasteiger partial charge in [-0.15, -0.1) is 0 Å². The van der Waals surface area contributed by atoms with Crippen LogP contribution in [0.5, 0.6) is 0 Å². The molecule has 1 aromatic heterocycles. The second-order valence-electron chi connectivity index (χ2n) is 4.51. The molecule has 1 saturated heterocycles. The highest BCUT2D eigenvalue weighted by Gasteiger charge is 2.31. The summed E-state index contributed by atoms with van der Waals surface area (Å²) in [5.41, 5.74) is 2.27. The second-order valence-corrected chi connectivity index (χ2v) is 5.57. The molecule has 0 aliphatic carbocycles. The number of nitrogens with zero attached hydrogens (tertiary/aromatic N) is 2. The van der Waals surface area contributed by atoms with Gasteiger partial charge in [0, 0.05) is 12.3 Å². The fourth-order valence-electron chi connectivity index (χ4n) is 2.66. The van der Waals surface area contributed by atoms with Crippen LogP contribution in [0, 0.1) is 6.92 Å². The molecule has 2 aliphatic rings. The molecule has 88 valence electrons. The van der Waals surface area contributed by atoms with Crippen LogP contribution < -0.4 is 5.32 Å². The van der Waals surface area contributed by atoms with E-state index in [1.165, 1.54) is 5.69 Å². The van der Waals surface area contributed by atoms with E-state index in [2.05, 4.69) is 14.9 Å². The van der Waals surface area contributed by atoms with Crippen LogP contribution in [-0.2, 0) is 6.54 Å². The van der Waals surface area contributed by atoms with E-state index in [1.54, 1.807) is 0 Å². The molecule has 0 radical (unpaired) electrons. The number of aryl methyl sites for hydroxylation is 1. The van der Waals surface area contributed by atoms with E-state index in [-0.39, 0.29) is 12.1 Å². The lowest BCUT2D eigenvalue weighted by Gasteiger charge is -2.29. The van der Waals surface area contributed by atoms with Crippen LogP contribution in [0.15, 0.2) is 5.16 Å². The molecule has 3 rings (SSSR count). The van der Waals surface area contributed by atoms with Crippen LogP contribution in [0.25, 0.3) is 0 Å². The molecule has 0 spiro atoms. The van der Waals surface area contributed by atoms with E-state index >= 15 is 0 Å². The Morgan fingerprint density at radius 2 is 2.44 bits per heavy atom. The van der Waals surface area contributed by atoms with Gasteiger partial charge in [-0.05, 0) is 26.3 Å². The van der Waals surface area contributed by atoms with E-state index in [0.717, 1.165) is 42.5 Å². The third kappa shape index (κ3) is 1.58. The number of fused-ring (bicyclic) bond motifs is 1. The van der Waals surface area contributed by atoms with Crippen LogP contribution in [0.1, 0.15) is 30.3 Å². The first-order valence-electron chi connectivity index (χ1n) is 5.88. The van der Waals surface area contributed by atoms with Crippen molar-refractivity contribution in [2.75, 3.05) is 12.3 Å². The molecule has 16 heavy (non-hydrogen) atoms. The van der Waals surface area contributed by atoms with Gasteiger partial charge >= 0.3 is 0 Å². The summed E-state index contributed by atoms with van der Waals surface area (Å²) in [6.45, 7) is 4.07. The van der Waals surface area contributed by atoms with Crippen molar-refractivity contribution >= 4 is 11.8 Å². The first-order valence-corrected chi connectivity index (χ1v) is 6.87. The quantitative estimate of drug-likeness (QED) is 0.770. The molecule has 3 heterocycles. The summed E-state index contributed by atoms with van der Waals surface area (Å²) in [5, 5.41) is 14.6. The number of aromatic nitrogens is 2. The molecule has 2 aliphatic heterocycles. The van der Waals surface area contributed by atoms with Gasteiger partial charge in [0.25, 0.3) is 0 Å². The van der Waals surface area contributed by atoms with Crippen molar-refractivity contribution in [3.05, 3.63) is 11.4 Å². The lowest BCUT2D eigenvalue weighted by molar-refractivity contribution is 0.0926. The average molecular weight is 239 g/mol. The second kappa shape index (κ2) is 4.05. The molecule has 0 amide bonds. The Hall–Kier alpha value is -0.520. The predicted molar refractivity (Wildman–Crippen MR) is 63.7 cm³/mol. The monoisotopic (exact) mass is 239 g/mol. The average Bonchev–Trinajstić information content (AvgIpc) is 2.79. The maximum absolute atomic E-state index is 10.1. The van der Waals surface area contributed by atoms with Gasteiger partial charge in [0.15, 0.2) is 5.16 Å². The number of thioether (sulfide) groups is 1. The zero-order chi connectivity index (χ0) is 11.1. The summed E-state index contributed by atoms with van der Waals surface area (Å²) >= 11 is 1.81. The smallest absolute Gasteiger partial charge is 0.168 e. The number of piperidine rings is 1. The molecular weight excluding hydrogens is 222 g/mol. The number of hydrogen-bond donors (Lipinski definition) is 2. The summed E-state index contributed by atoms with van der Waals surface area (Å²) in [5.74, 6) is 1.11. The minimum absolute atomic E-state index is 0.0775. The van der Waals surface area contributed by atoms with E-state index in [1.807, 2.05) is 18.7 Å². The predicted octanol–water partition coefficient (Wildman–Crippen LogP) is 1.08. The van der Waals surface area contributed by atoms with Crippen LogP contribution in [-0.4, -0.2) is 33.1 Å². The first-order chi connectivity index (χ1) is 7.77. The van der Waals surface area contributed by atoms with E-state index in [4.69, 9.17) is 0 Å². The largest absolute Gasteiger partial charge is 0.391 e. The van der Waals surface area contributed by atoms with Gasteiger partial charge in [-0.1, -0.05) is 11.8 Å². The van der Waals surface area contributed by atoms with Gasteiger partial charge in [0.2, 0.25) is 0 Å². The minimum Gasteiger partial charge on any atom is -0.391 e. The number of rotatable bonds is 1. The minimum atomic E-state index is -0.265. The summed E-state index contributed by atoms with van der Waals surface area (Å²) in [6, 6.07) is 0.0775. The number of imidazole rings is 1. The number of nitrogens with one attached hydrogen (secondary N) is 1.